The van der Waals surface area contributed by atoms with Gasteiger partial charge in [0.15, 0.2) is 0 Å². The lowest BCUT2D eigenvalue weighted by Gasteiger charge is -2.02. The highest BCUT2D eigenvalue weighted by molar-refractivity contribution is 4.37. The van der Waals surface area contributed by atoms with Crippen LogP contribution in [0.3, 0.4) is 0 Å². The van der Waals surface area contributed by atoms with Crippen LogP contribution in [0.2, 0.25) is 0 Å². The lowest BCUT2D eigenvalue weighted by atomic mass is 10.6. The Hall–Kier alpha value is -0.120. The van der Waals surface area contributed by atoms with Gasteiger partial charge in [-0.2, -0.15) is 0 Å². The van der Waals surface area contributed by atoms with Gasteiger partial charge in [-0.15, -0.1) is 0 Å². The molecule has 0 fully saturated rings. The van der Waals surface area contributed by atoms with Crippen molar-refractivity contribution >= 4 is 0 Å². The van der Waals surface area contributed by atoms with Crippen molar-refractivity contribution in [2.24, 2.45) is 0 Å². The zero-order valence-electron chi connectivity index (χ0n) is 6.24. The van der Waals surface area contributed by atoms with E-state index in [0.29, 0.717) is 0 Å². The van der Waals surface area contributed by atoms with Crippen molar-refractivity contribution in [1.82, 2.24) is 10.8 Å². The Morgan fingerprint density at radius 3 is 2.56 bits per heavy atom. The van der Waals surface area contributed by atoms with Crippen molar-refractivity contribution < 1.29 is 4.84 Å². The minimum Gasteiger partial charge on any atom is -0.315 e. The van der Waals surface area contributed by atoms with E-state index in [1.807, 2.05) is 6.92 Å². The van der Waals surface area contributed by atoms with Crippen LogP contribution in [0.5, 0.6) is 0 Å². The third-order valence-corrected chi connectivity index (χ3v) is 0.877. The standard InChI is InChI=1S/C6H16N2O/c1-3-7-5-6-9-8-4-2/h7-8H,3-6H2,1-2H3. The highest BCUT2D eigenvalue weighted by atomic mass is 16.6. The molecule has 0 unspecified atom stereocenters. The van der Waals surface area contributed by atoms with Gasteiger partial charge in [0, 0.05) is 13.1 Å². The third-order valence-electron chi connectivity index (χ3n) is 0.877. The molecule has 0 saturated heterocycles. The van der Waals surface area contributed by atoms with E-state index in [1.165, 1.54) is 0 Å². The van der Waals surface area contributed by atoms with E-state index in [0.717, 1.165) is 26.2 Å². The summed E-state index contributed by atoms with van der Waals surface area (Å²) in [7, 11) is 0. The van der Waals surface area contributed by atoms with Gasteiger partial charge in [0.05, 0.1) is 6.61 Å². The van der Waals surface area contributed by atoms with Crippen molar-refractivity contribution in [1.29, 1.82) is 0 Å². The van der Waals surface area contributed by atoms with E-state index in [9.17, 15) is 0 Å². The van der Waals surface area contributed by atoms with Crippen molar-refractivity contribution in [2.45, 2.75) is 13.8 Å². The molecule has 0 heterocycles. The first-order valence-corrected chi connectivity index (χ1v) is 3.47. The minimum absolute atomic E-state index is 0.738. The maximum absolute atomic E-state index is 4.97. The Kier molecular flexibility index (Phi) is 7.77. The average molecular weight is 132 g/mol. The molecule has 0 rings (SSSR count). The number of hydrogen-bond donors (Lipinski definition) is 2. The molecular formula is C6H16N2O. The van der Waals surface area contributed by atoms with E-state index >= 15 is 0 Å². The SMILES string of the molecule is CCNCCONCC. The topological polar surface area (TPSA) is 33.3 Å². The van der Waals surface area contributed by atoms with E-state index in [-0.39, 0.29) is 0 Å². The molecule has 0 amide bonds. The quantitative estimate of drug-likeness (QED) is 0.398. The molecule has 0 aliphatic rings. The molecule has 0 spiro atoms. The van der Waals surface area contributed by atoms with Crippen LogP contribution < -0.4 is 10.8 Å². The van der Waals surface area contributed by atoms with Gasteiger partial charge in [0.25, 0.3) is 0 Å². The van der Waals surface area contributed by atoms with E-state index < -0.39 is 0 Å². The van der Waals surface area contributed by atoms with Crippen LogP contribution >= 0.6 is 0 Å². The summed E-state index contributed by atoms with van der Waals surface area (Å²) < 4.78 is 0. The summed E-state index contributed by atoms with van der Waals surface area (Å²) in [5.74, 6) is 0. The number of rotatable bonds is 6. The van der Waals surface area contributed by atoms with Crippen molar-refractivity contribution in [2.75, 3.05) is 26.2 Å². The van der Waals surface area contributed by atoms with Gasteiger partial charge in [-0.3, -0.25) is 0 Å². The summed E-state index contributed by atoms with van der Waals surface area (Å²) in [4.78, 5) is 4.97. The Balaban J connectivity index is 2.60. The maximum atomic E-state index is 4.97. The summed E-state index contributed by atoms with van der Waals surface area (Å²) in [6, 6.07) is 0. The van der Waals surface area contributed by atoms with Gasteiger partial charge in [-0.25, -0.2) is 5.48 Å². The van der Waals surface area contributed by atoms with Gasteiger partial charge in [0.1, 0.15) is 0 Å². The second-order valence-corrected chi connectivity index (χ2v) is 1.70. The highest BCUT2D eigenvalue weighted by Gasteiger charge is 1.82. The number of hydroxylamine groups is 1. The van der Waals surface area contributed by atoms with Crippen molar-refractivity contribution in [3.63, 3.8) is 0 Å². The molecule has 0 saturated carbocycles. The van der Waals surface area contributed by atoms with E-state index in [1.54, 1.807) is 0 Å². The predicted molar refractivity (Wildman–Crippen MR) is 38.2 cm³/mol. The molecule has 56 valence electrons. The number of nitrogens with one attached hydrogen (secondary N) is 2. The first-order chi connectivity index (χ1) is 4.41. The molecule has 0 radical (unpaired) electrons. The smallest absolute Gasteiger partial charge is 0.0806 e. The van der Waals surface area contributed by atoms with Gasteiger partial charge >= 0.3 is 0 Å². The van der Waals surface area contributed by atoms with Gasteiger partial charge in [0.2, 0.25) is 0 Å². The first-order valence-electron chi connectivity index (χ1n) is 3.47. The van der Waals surface area contributed by atoms with Crippen LogP contribution in [0.25, 0.3) is 0 Å². The zero-order valence-corrected chi connectivity index (χ0v) is 6.24. The molecule has 3 nitrogen and oxygen atoms in total. The largest absolute Gasteiger partial charge is 0.315 e. The summed E-state index contributed by atoms with van der Waals surface area (Å²) in [6.45, 7) is 7.62. The van der Waals surface area contributed by atoms with Crippen molar-refractivity contribution in [3.8, 4) is 0 Å². The molecule has 0 aromatic heterocycles. The summed E-state index contributed by atoms with van der Waals surface area (Å²) in [5.41, 5.74) is 2.77. The second kappa shape index (κ2) is 7.88. The molecule has 0 aromatic carbocycles. The molecule has 0 aliphatic carbocycles. The molecule has 2 N–H and O–H groups in total. The summed E-state index contributed by atoms with van der Waals surface area (Å²) >= 11 is 0. The molecule has 0 aromatic rings. The van der Waals surface area contributed by atoms with Crippen LogP contribution in [0.1, 0.15) is 13.8 Å². The van der Waals surface area contributed by atoms with Crippen LogP contribution in [-0.4, -0.2) is 26.2 Å². The van der Waals surface area contributed by atoms with Crippen molar-refractivity contribution in [3.05, 3.63) is 0 Å². The third kappa shape index (κ3) is 7.88. The molecule has 0 aliphatic heterocycles. The molecule has 9 heavy (non-hydrogen) atoms. The Labute approximate surface area is 56.7 Å². The highest BCUT2D eigenvalue weighted by Crippen LogP contribution is 1.64. The zero-order chi connectivity index (χ0) is 6.95. The second-order valence-electron chi connectivity index (χ2n) is 1.70. The van der Waals surface area contributed by atoms with E-state index in [4.69, 9.17) is 4.84 Å². The number of likely N-dealkylation sites (N-methyl/N-ethyl adjacent to an activating group) is 1. The van der Waals surface area contributed by atoms with E-state index in [2.05, 4.69) is 17.7 Å². The summed E-state index contributed by atoms with van der Waals surface area (Å²) in [6.07, 6.45) is 0. The Bertz CT molecular complexity index is 44.3. The average Bonchev–Trinajstić information content (AvgIpc) is 1.89. The van der Waals surface area contributed by atoms with Crippen LogP contribution in [0, 0.1) is 0 Å². The fourth-order valence-electron chi connectivity index (χ4n) is 0.474. The fourth-order valence-corrected chi connectivity index (χ4v) is 0.474. The molecule has 3 heteroatoms. The normalized spacial score (nSPS) is 10.0. The van der Waals surface area contributed by atoms with Crippen LogP contribution in [0.15, 0.2) is 0 Å². The Morgan fingerprint density at radius 1 is 1.22 bits per heavy atom. The van der Waals surface area contributed by atoms with Gasteiger partial charge in [-0.1, -0.05) is 13.8 Å². The maximum Gasteiger partial charge on any atom is 0.0806 e. The lowest BCUT2D eigenvalue weighted by molar-refractivity contribution is 0.0469. The number of hydrogen-bond acceptors (Lipinski definition) is 3. The first kappa shape index (κ1) is 8.88. The molecule has 0 atom stereocenters. The minimum atomic E-state index is 0.738. The van der Waals surface area contributed by atoms with Crippen LogP contribution in [0.4, 0.5) is 0 Å². The lowest BCUT2D eigenvalue weighted by Crippen LogP contribution is -2.23. The van der Waals surface area contributed by atoms with Crippen LogP contribution in [-0.2, 0) is 4.84 Å². The van der Waals surface area contributed by atoms with Gasteiger partial charge < -0.3 is 10.2 Å². The molecule has 0 bridgehead atoms. The summed E-state index contributed by atoms with van der Waals surface area (Å²) in [5, 5.41) is 3.14. The predicted octanol–water partition coefficient (Wildman–Crippen LogP) is 0.137. The Morgan fingerprint density at radius 2 is 2.00 bits per heavy atom. The fraction of sp³-hybridized carbons (Fsp3) is 1.00. The molecular weight excluding hydrogens is 116 g/mol. The van der Waals surface area contributed by atoms with Gasteiger partial charge in [-0.05, 0) is 6.54 Å². The monoisotopic (exact) mass is 132 g/mol.